The van der Waals surface area contributed by atoms with Crippen molar-refractivity contribution in [1.82, 2.24) is 9.88 Å². The molecule has 2 aliphatic rings. The summed E-state index contributed by atoms with van der Waals surface area (Å²) in [4.78, 5) is 17.2. The Bertz CT molecular complexity index is 874. The summed E-state index contributed by atoms with van der Waals surface area (Å²) in [5.74, 6) is -0.273. The Balaban J connectivity index is 1.65. The lowest BCUT2D eigenvalue weighted by Gasteiger charge is -2.16. The second kappa shape index (κ2) is 4.55. The third-order valence-corrected chi connectivity index (χ3v) is 7.04. The fraction of sp³-hybridized carbons (Fsp3) is 0.400. The van der Waals surface area contributed by atoms with Crippen molar-refractivity contribution >= 4 is 26.6 Å². The maximum Gasteiger partial charge on any atom is 0.256 e. The van der Waals surface area contributed by atoms with Crippen LogP contribution < -0.4 is 0 Å². The number of amides is 1. The first-order valence-corrected chi connectivity index (χ1v) is 8.95. The number of halogens is 1. The number of hydrogen-bond acceptors (Lipinski definition) is 3. The number of fused-ring (bicyclic) bond motifs is 2. The summed E-state index contributed by atoms with van der Waals surface area (Å²) in [6.07, 6.45) is 2.20. The number of nitrogens with one attached hydrogen (secondary N) is 1. The number of rotatable bonds is 1. The van der Waals surface area contributed by atoms with Gasteiger partial charge in [0.15, 0.2) is 9.84 Å². The topological polar surface area (TPSA) is 70.2 Å². The molecule has 2 fully saturated rings. The summed E-state index contributed by atoms with van der Waals surface area (Å²) in [6, 6.07) is 4.23. The summed E-state index contributed by atoms with van der Waals surface area (Å²) in [5.41, 5.74) is 1.03. The van der Waals surface area contributed by atoms with E-state index in [2.05, 4.69) is 4.98 Å². The molecule has 2 atom stereocenters. The number of carbonyl (C=O) groups is 1. The Morgan fingerprint density at radius 3 is 2.91 bits per heavy atom. The zero-order valence-corrected chi connectivity index (χ0v) is 12.6. The molecule has 116 valence electrons. The molecule has 0 saturated carbocycles. The van der Waals surface area contributed by atoms with Gasteiger partial charge < -0.3 is 9.88 Å². The molecule has 7 heteroatoms. The van der Waals surface area contributed by atoms with Gasteiger partial charge >= 0.3 is 0 Å². The fourth-order valence-corrected chi connectivity index (χ4v) is 5.75. The normalized spacial score (nSPS) is 26.5. The zero-order valence-electron chi connectivity index (χ0n) is 11.8. The molecular weight excluding hydrogens is 307 g/mol. The predicted molar refractivity (Wildman–Crippen MR) is 79.8 cm³/mol. The summed E-state index contributed by atoms with van der Waals surface area (Å²) in [5, 5.41) is 0.241. The second-order valence-corrected chi connectivity index (χ2v) is 8.40. The summed E-state index contributed by atoms with van der Waals surface area (Å²) < 4.78 is 37.1. The Labute approximate surface area is 127 Å². The molecule has 2 aliphatic heterocycles. The zero-order chi connectivity index (χ0) is 15.5. The van der Waals surface area contributed by atoms with E-state index >= 15 is 0 Å². The van der Waals surface area contributed by atoms with Crippen molar-refractivity contribution in [3.63, 3.8) is 0 Å². The van der Waals surface area contributed by atoms with E-state index in [0.717, 1.165) is 0 Å². The number of aromatic nitrogens is 1. The molecule has 1 aromatic heterocycles. The summed E-state index contributed by atoms with van der Waals surface area (Å²) in [7, 11) is -3.06. The van der Waals surface area contributed by atoms with Gasteiger partial charge in [-0.05, 0) is 30.5 Å². The molecule has 5 nitrogen and oxygen atoms in total. The Morgan fingerprint density at radius 1 is 1.32 bits per heavy atom. The van der Waals surface area contributed by atoms with Gasteiger partial charge in [-0.3, -0.25) is 4.79 Å². The van der Waals surface area contributed by atoms with Gasteiger partial charge in [-0.2, -0.15) is 0 Å². The van der Waals surface area contributed by atoms with E-state index in [-0.39, 0.29) is 29.9 Å². The van der Waals surface area contributed by atoms with E-state index in [1.165, 1.54) is 12.1 Å². The van der Waals surface area contributed by atoms with Gasteiger partial charge in [-0.15, -0.1) is 0 Å². The van der Waals surface area contributed by atoms with Gasteiger partial charge in [0.1, 0.15) is 5.82 Å². The average molecular weight is 322 g/mol. The van der Waals surface area contributed by atoms with Crippen molar-refractivity contribution in [1.29, 1.82) is 0 Å². The SMILES string of the molecule is O=C(c1c[nH]c2cc(F)ccc12)N1C[C@@H]2CCS(=O)(=O)[C@@H]2C1. The van der Waals surface area contributed by atoms with Crippen LogP contribution in [0.2, 0.25) is 0 Å². The van der Waals surface area contributed by atoms with Crippen LogP contribution in [0.1, 0.15) is 16.8 Å². The first-order chi connectivity index (χ1) is 10.5. The molecule has 1 N–H and O–H groups in total. The van der Waals surface area contributed by atoms with E-state index in [1.807, 2.05) is 0 Å². The number of benzene rings is 1. The van der Waals surface area contributed by atoms with Crippen LogP contribution in [-0.2, 0) is 9.84 Å². The lowest BCUT2D eigenvalue weighted by atomic mass is 10.1. The average Bonchev–Trinajstić information content (AvgIpc) is 3.13. The highest BCUT2D eigenvalue weighted by molar-refractivity contribution is 7.92. The van der Waals surface area contributed by atoms with Crippen molar-refractivity contribution in [3.8, 4) is 0 Å². The predicted octanol–water partition coefficient (Wildman–Crippen LogP) is 1.57. The standard InChI is InChI=1S/C15H15FN2O3S/c16-10-1-2-11-12(6-17-13(11)5-10)15(19)18-7-9-3-4-22(20,21)14(9)8-18/h1-2,5-6,9,14,17H,3-4,7-8H2/t9-,14+/m0/s1. The lowest BCUT2D eigenvalue weighted by Crippen LogP contribution is -2.31. The highest BCUT2D eigenvalue weighted by atomic mass is 32.2. The molecular formula is C15H15FN2O3S. The third-order valence-electron chi connectivity index (χ3n) is 4.78. The molecule has 3 heterocycles. The monoisotopic (exact) mass is 322 g/mol. The van der Waals surface area contributed by atoms with Crippen molar-refractivity contribution < 1.29 is 17.6 Å². The maximum absolute atomic E-state index is 13.2. The second-order valence-electron chi connectivity index (χ2n) is 6.06. The number of nitrogens with zero attached hydrogens (tertiary/aromatic N) is 1. The first-order valence-electron chi connectivity index (χ1n) is 7.23. The van der Waals surface area contributed by atoms with Gasteiger partial charge in [0.25, 0.3) is 5.91 Å². The molecule has 1 amide bonds. The van der Waals surface area contributed by atoms with Crippen molar-refractivity contribution in [2.45, 2.75) is 11.7 Å². The van der Waals surface area contributed by atoms with Gasteiger partial charge in [-0.1, -0.05) is 0 Å². The highest BCUT2D eigenvalue weighted by Crippen LogP contribution is 2.34. The van der Waals surface area contributed by atoms with Crippen LogP contribution >= 0.6 is 0 Å². The quantitative estimate of drug-likeness (QED) is 0.866. The molecule has 1 aromatic carbocycles. The van der Waals surface area contributed by atoms with Gasteiger partial charge in [0.05, 0.1) is 16.6 Å². The number of sulfone groups is 1. The van der Waals surface area contributed by atoms with E-state index in [4.69, 9.17) is 0 Å². The van der Waals surface area contributed by atoms with Crippen molar-refractivity contribution in [2.24, 2.45) is 5.92 Å². The van der Waals surface area contributed by atoms with Crippen LogP contribution in [0, 0.1) is 11.7 Å². The van der Waals surface area contributed by atoms with Crippen LogP contribution in [0.4, 0.5) is 4.39 Å². The van der Waals surface area contributed by atoms with Crippen LogP contribution in [-0.4, -0.2) is 48.3 Å². The first kappa shape index (κ1) is 13.8. The Hall–Kier alpha value is -1.89. The van der Waals surface area contributed by atoms with Gasteiger partial charge in [0, 0.05) is 30.2 Å². The minimum absolute atomic E-state index is 0.0524. The number of hydrogen-bond donors (Lipinski definition) is 1. The van der Waals surface area contributed by atoms with Crippen LogP contribution in [0.5, 0.6) is 0 Å². The molecule has 0 bridgehead atoms. The lowest BCUT2D eigenvalue weighted by molar-refractivity contribution is 0.0788. The van der Waals surface area contributed by atoms with Crippen molar-refractivity contribution in [2.75, 3.05) is 18.8 Å². The molecule has 0 aliphatic carbocycles. The van der Waals surface area contributed by atoms with E-state index in [9.17, 15) is 17.6 Å². The van der Waals surface area contributed by atoms with Crippen LogP contribution in [0.3, 0.4) is 0 Å². The molecule has 0 unspecified atom stereocenters. The molecule has 22 heavy (non-hydrogen) atoms. The van der Waals surface area contributed by atoms with E-state index in [1.54, 1.807) is 17.2 Å². The third kappa shape index (κ3) is 1.95. The number of likely N-dealkylation sites (tertiary alicyclic amines) is 1. The minimum atomic E-state index is -3.06. The Kier molecular flexibility index (Phi) is 2.84. The number of aromatic amines is 1. The molecule has 2 aromatic rings. The van der Waals surface area contributed by atoms with Crippen LogP contribution in [0.25, 0.3) is 10.9 Å². The van der Waals surface area contributed by atoms with Gasteiger partial charge in [-0.25, -0.2) is 12.8 Å². The maximum atomic E-state index is 13.2. The molecule has 0 radical (unpaired) electrons. The smallest absolute Gasteiger partial charge is 0.256 e. The van der Waals surface area contributed by atoms with E-state index in [0.29, 0.717) is 29.4 Å². The number of carbonyl (C=O) groups excluding carboxylic acids is 1. The largest absolute Gasteiger partial charge is 0.360 e. The fourth-order valence-electron chi connectivity index (χ4n) is 3.60. The number of H-pyrrole nitrogens is 1. The highest BCUT2D eigenvalue weighted by Gasteiger charge is 2.47. The van der Waals surface area contributed by atoms with Crippen LogP contribution in [0.15, 0.2) is 24.4 Å². The summed E-state index contributed by atoms with van der Waals surface area (Å²) >= 11 is 0. The van der Waals surface area contributed by atoms with E-state index < -0.39 is 15.1 Å². The van der Waals surface area contributed by atoms with Gasteiger partial charge in [0.2, 0.25) is 0 Å². The molecule has 2 saturated heterocycles. The summed E-state index contributed by atoms with van der Waals surface area (Å²) in [6.45, 7) is 0.746. The minimum Gasteiger partial charge on any atom is -0.360 e. The Morgan fingerprint density at radius 2 is 2.14 bits per heavy atom. The molecule has 4 rings (SSSR count). The molecule has 0 spiro atoms. The van der Waals surface area contributed by atoms with Crippen molar-refractivity contribution in [3.05, 3.63) is 35.8 Å².